The Kier molecular flexibility index (Phi) is 3.86. The number of halogens is 1. The molecule has 0 saturated heterocycles. The van der Waals surface area contributed by atoms with Crippen molar-refractivity contribution >= 4 is 24.4 Å². The summed E-state index contributed by atoms with van der Waals surface area (Å²) in [4.78, 5) is 0. The summed E-state index contributed by atoms with van der Waals surface area (Å²) in [5.74, 6) is -0.379. The zero-order chi connectivity index (χ0) is 12.3. The van der Waals surface area contributed by atoms with E-state index < -0.39 is 7.60 Å². The number of rotatable bonds is 3. The second-order valence-electron chi connectivity index (χ2n) is 3.26. The summed E-state index contributed by atoms with van der Waals surface area (Å²) in [5.41, 5.74) is 0.494. The molecular weight excluding hydrogens is 264 g/mol. The molecule has 17 heavy (non-hydrogen) atoms. The zero-order valence-corrected chi connectivity index (χ0v) is 10.8. The van der Waals surface area contributed by atoms with E-state index in [0.29, 0.717) is 17.2 Å². The van der Waals surface area contributed by atoms with Crippen molar-refractivity contribution in [1.82, 2.24) is 0 Å². The molecule has 1 aromatic rings. The molecule has 0 spiro atoms. The van der Waals surface area contributed by atoms with Gasteiger partial charge in [-0.25, -0.2) is 8.96 Å². The Labute approximate surface area is 103 Å². The largest absolute Gasteiger partial charge is 0.410 e. The number of thioether (sulfide) groups is 1. The lowest BCUT2D eigenvalue weighted by atomic mass is 10.2. The van der Waals surface area contributed by atoms with Crippen LogP contribution >= 0.6 is 19.4 Å². The predicted molar refractivity (Wildman–Crippen MR) is 65.7 cm³/mol. The van der Waals surface area contributed by atoms with E-state index in [1.165, 1.54) is 17.8 Å². The lowest BCUT2D eigenvalue weighted by molar-refractivity contribution is 0.222. The van der Waals surface area contributed by atoms with Crippen molar-refractivity contribution in [3.8, 4) is 0 Å². The summed E-state index contributed by atoms with van der Waals surface area (Å²) >= 11 is 1.17. The van der Waals surface area contributed by atoms with Crippen LogP contribution in [0.2, 0.25) is 0 Å². The highest BCUT2D eigenvalue weighted by Gasteiger charge is 2.31. The van der Waals surface area contributed by atoms with Gasteiger partial charge in [-0.15, -0.1) is 0 Å². The van der Waals surface area contributed by atoms with Crippen LogP contribution in [0.3, 0.4) is 0 Å². The molecule has 0 aliphatic carbocycles. The summed E-state index contributed by atoms with van der Waals surface area (Å²) in [7, 11) is -3.13. The molecule has 2 rings (SSSR count). The fraction of sp³-hybridized carbons (Fsp3) is 0.300. The highest BCUT2D eigenvalue weighted by atomic mass is 32.2. The molecular formula is C10H11FNO3PS. The lowest BCUT2D eigenvalue weighted by Crippen LogP contribution is -2.08. The molecule has 0 bridgehead atoms. The average Bonchev–Trinajstić information content (AvgIpc) is 2.31. The summed E-state index contributed by atoms with van der Waals surface area (Å²) in [6.07, 6.45) is 0. The van der Waals surface area contributed by atoms with Gasteiger partial charge in [0.25, 0.3) is 0 Å². The van der Waals surface area contributed by atoms with Gasteiger partial charge < -0.3 is 4.62 Å². The Balaban J connectivity index is 2.19. The van der Waals surface area contributed by atoms with Crippen molar-refractivity contribution in [1.29, 1.82) is 0 Å². The third-order valence-electron chi connectivity index (χ3n) is 2.04. The van der Waals surface area contributed by atoms with Gasteiger partial charge in [0.15, 0.2) is 0 Å². The molecule has 0 fully saturated rings. The molecule has 1 aliphatic rings. The molecule has 1 aromatic carbocycles. The number of hydrogen-bond donors (Lipinski definition) is 0. The molecule has 0 amide bonds. The van der Waals surface area contributed by atoms with Gasteiger partial charge in [0, 0.05) is 5.56 Å². The standard InChI is InChI=1S/C10H11FNO3PS/c1-2-14-16(13)7-17-10(12-15-16)8-5-3-4-6-9(8)11/h3-6H,2,7H2,1H3. The van der Waals surface area contributed by atoms with Crippen LogP contribution in [-0.4, -0.2) is 17.1 Å². The average molecular weight is 275 g/mol. The second-order valence-corrected chi connectivity index (χ2v) is 6.61. The second kappa shape index (κ2) is 5.21. The van der Waals surface area contributed by atoms with E-state index >= 15 is 0 Å². The van der Waals surface area contributed by atoms with Crippen LogP contribution in [0, 0.1) is 5.82 Å². The SMILES string of the molecule is CCOP1(=O)CSC(c2ccccc2F)=NO1. The van der Waals surface area contributed by atoms with Gasteiger partial charge in [-0.1, -0.05) is 29.1 Å². The van der Waals surface area contributed by atoms with Crippen LogP contribution in [0.15, 0.2) is 29.4 Å². The van der Waals surface area contributed by atoms with Gasteiger partial charge in [-0.05, 0) is 19.1 Å². The maximum Gasteiger partial charge on any atom is 0.410 e. The summed E-state index contributed by atoms with van der Waals surface area (Å²) in [5, 5.41) is 4.07. The fourth-order valence-electron chi connectivity index (χ4n) is 1.31. The molecule has 4 nitrogen and oxygen atoms in total. The number of hydrogen-bond acceptors (Lipinski definition) is 5. The van der Waals surface area contributed by atoms with Crippen molar-refractivity contribution < 1.29 is 18.1 Å². The van der Waals surface area contributed by atoms with Crippen molar-refractivity contribution in [3.05, 3.63) is 35.6 Å². The Morgan fingerprint density at radius 2 is 2.35 bits per heavy atom. The molecule has 0 N–H and O–H groups in total. The van der Waals surface area contributed by atoms with Crippen molar-refractivity contribution in [2.75, 3.05) is 12.1 Å². The first-order chi connectivity index (χ1) is 8.14. The molecule has 7 heteroatoms. The Hall–Kier alpha value is -0.840. The maximum atomic E-state index is 13.5. The van der Waals surface area contributed by atoms with Crippen LogP contribution in [0.4, 0.5) is 4.39 Å². The molecule has 92 valence electrons. The fourth-order valence-corrected chi connectivity index (χ4v) is 4.03. The normalized spacial score (nSPS) is 24.0. The molecule has 0 radical (unpaired) electrons. The quantitative estimate of drug-likeness (QED) is 0.793. The van der Waals surface area contributed by atoms with Crippen LogP contribution < -0.4 is 0 Å². The summed E-state index contributed by atoms with van der Waals surface area (Å²) in [6.45, 7) is 2.02. The van der Waals surface area contributed by atoms with Crippen LogP contribution in [0.25, 0.3) is 0 Å². The van der Waals surface area contributed by atoms with E-state index in [2.05, 4.69) is 5.16 Å². The minimum atomic E-state index is -3.13. The van der Waals surface area contributed by atoms with Gasteiger partial charge >= 0.3 is 7.60 Å². The van der Waals surface area contributed by atoms with Gasteiger partial charge in [-0.2, -0.15) is 0 Å². The lowest BCUT2D eigenvalue weighted by Gasteiger charge is -2.19. The van der Waals surface area contributed by atoms with Gasteiger partial charge in [0.1, 0.15) is 16.4 Å². The van der Waals surface area contributed by atoms with Gasteiger partial charge in [0.2, 0.25) is 0 Å². The molecule has 1 unspecified atom stereocenters. The molecule has 1 atom stereocenters. The maximum absolute atomic E-state index is 13.5. The molecule has 0 saturated carbocycles. The first kappa shape index (κ1) is 12.6. The smallest absolute Gasteiger partial charge is 0.312 e. The van der Waals surface area contributed by atoms with E-state index in [0.717, 1.165) is 0 Å². The van der Waals surface area contributed by atoms with Crippen LogP contribution in [0.1, 0.15) is 12.5 Å². The molecule has 1 aliphatic heterocycles. The Bertz CT molecular complexity index is 494. The number of nitrogens with zero attached hydrogens (tertiary/aromatic N) is 1. The third kappa shape index (κ3) is 2.89. The molecule has 0 aromatic heterocycles. The third-order valence-corrected chi connectivity index (χ3v) is 5.37. The number of oxime groups is 1. The van der Waals surface area contributed by atoms with Gasteiger partial charge in [-0.3, -0.25) is 4.52 Å². The van der Waals surface area contributed by atoms with Crippen molar-refractivity contribution in [2.45, 2.75) is 6.92 Å². The van der Waals surface area contributed by atoms with Crippen LogP contribution in [-0.2, 0) is 13.7 Å². The Morgan fingerprint density at radius 3 is 2.94 bits per heavy atom. The van der Waals surface area contributed by atoms with Crippen LogP contribution in [0.5, 0.6) is 0 Å². The highest BCUT2D eigenvalue weighted by Crippen LogP contribution is 2.54. The van der Waals surface area contributed by atoms with Crippen molar-refractivity contribution in [2.24, 2.45) is 5.16 Å². The first-order valence-corrected chi connectivity index (χ1v) is 7.74. The van der Waals surface area contributed by atoms with E-state index in [1.807, 2.05) is 0 Å². The van der Waals surface area contributed by atoms with Gasteiger partial charge in [0.05, 0.1) is 6.61 Å². The Morgan fingerprint density at radius 1 is 1.59 bits per heavy atom. The van der Waals surface area contributed by atoms with E-state index in [4.69, 9.17) is 9.15 Å². The topological polar surface area (TPSA) is 47.9 Å². The predicted octanol–water partition coefficient (Wildman–Crippen LogP) is 3.44. The number of benzene rings is 1. The van der Waals surface area contributed by atoms with E-state index in [9.17, 15) is 8.96 Å². The summed E-state index contributed by atoms with van der Waals surface area (Å²) in [6, 6.07) is 6.24. The van der Waals surface area contributed by atoms with Crippen molar-refractivity contribution in [3.63, 3.8) is 0 Å². The highest BCUT2D eigenvalue weighted by molar-refractivity contribution is 8.18. The summed E-state index contributed by atoms with van der Waals surface area (Å²) < 4.78 is 35.2. The van der Waals surface area contributed by atoms with E-state index in [-0.39, 0.29) is 11.3 Å². The minimum absolute atomic E-state index is 0.147. The monoisotopic (exact) mass is 275 g/mol. The first-order valence-electron chi connectivity index (χ1n) is 5.03. The minimum Gasteiger partial charge on any atom is -0.312 e. The molecule has 1 heterocycles. The zero-order valence-electron chi connectivity index (χ0n) is 9.13. The van der Waals surface area contributed by atoms with E-state index in [1.54, 1.807) is 25.1 Å².